The number of carbonyl (C=O) groups is 2. The summed E-state index contributed by atoms with van der Waals surface area (Å²) < 4.78 is 0. The number of benzene rings is 2. The van der Waals surface area contributed by atoms with Crippen LogP contribution in [-0.2, 0) is 18.5 Å². The Labute approximate surface area is 192 Å². The van der Waals surface area contributed by atoms with Crippen LogP contribution in [0.4, 0.5) is 5.69 Å². The molecule has 0 radical (unpaired) electrons. The van der Waals surface area contributed by atoms with E-state index in [-0.39, 0.29) is 22.8 Å². The standard InChI is InChI=1S/C28H36N2O2/c1-7-27(5,8-2)21-11-13-22(14-12-21)29-17-19-15-24-20(16-23(19)25(29)31)18-30(26(24)32)28(6,9-3)10-4/h11-16H,7-10,17-18H2,1-6H3. The maximum atomic E-state index is 13.3. The smallest absolute Gasteiger partial charge is 0.258 e. The van der Waals surface area contributed by atoms with E-state index < -0.39 is 0 Å². The molecule has 2 aliphatic heterocycles. The van der Waals surface area contributed by atoms with Gasteiger partial charge in [-0.15, -0.1) is 0 Å². The first-order valence-corrected chi connectivity index (χ1v) is 12.1. The highest BCUT2D eigenvalue weighted by Gasteiger charge is 2.40. The van der Waals surface area contributed by atoms with Gasteiger partial charge in [0.15, 0.2) is 0 Å². The fourth-order valence-electron chi connectivity index (χ4n) is 5.10. The van der Waals surface area contributed by atoms with E-state index in [4.69, 9.17) is 0 Å². The van der Waals surface area contributed by atoms with Gasteiger partial charge in [-0.2, -0.15) is 0 Å². The molecular weight excluding hydrogens is 396 g/mol. The molecule has 0 fully saturated rings. The van der Waals surface area contributed by atoms with Crippen molar-refractivity contribution in [2.75, 3.05) is 4.90 Å². The molecule has 0 unspecified atom stereocenters. The third kappa shape index (κ3) is 3.35. The van der Waals surface area contributed by atoms with Gasteiger partial charge < -0.3 is 9.80 Å². The first-order chi connectivity index (χ1) is 15.2. The molecule has 0 N–H and O–H groups in total. The number of carbonyl (C=O) groups excluding carboxylic acids is 2. The molecule has 0 saturated heterocycles. The zero-order valence-electron chi connectivity index (χ0n) is 20.4. The summed E-state index contributed by atoms with van der Waals surface area (Å²) in [5, 5.41) is 0. The molecule has 32 heavy (non-hydrogen) atoms. The minimum atomic E-state index is -0.149. The summed E-state index contributed by atoms with van der Waals surface area (Å²) in [6, 6.07) is 12.4. The molecule has 4 nitrogen and oxygen atoms in total. The predicted molar refractivity (Wildman–Crippen MR) is 130 cm³/mol. The summed E-state index contributed by atoms with van der Waals surface area (Å²) >= 11 is 0. The fourth-order valence-corrected chi connectivity index (χ4v) is 5.10. The Morgan fingerprint density at radius 1 is 0.750 bits per heavy atom. The first kappa shape index (κ1) is 22.6. The normalized spacial score (nSPS) is 16.1. The third-order valence-corrected chi connectivity index (χ3v) is 8.55. The molecule has 0 spiro atoms. The molecule has 0 atom stereocenters. The van der Waals surface area contributed by atoms with Gasteiger partial charge in [0.25, 0.3) is 11.8 Å². The quantitative estimate of drug-likeness (QED) is 0.504. The molecule has 0 aliphatic carbocycles. The number of hydrogen-bond acceptors (Lipinski definition) is 2. The second kappa shape index (κ2) is 8.06. The topological polar surface area (TPSA) is 40.6 Å². The molecule has 0 bridgehead atoms. The van der Waals surface area contributed by atoms with E-state index in [0.29, 0.717) is 13.1 Å². The lowest BCUT2D eigenvalue weighted by Crippen LogP contribution is -2.45. The summed E-state index contributed by atoms with van der Waals surface area (Å²) in [7, 11) is 0. The van der Waals surface area contributed by atoms with Crippen molar-refractivity contribution in [3.63, 3.8) is 0 Å². The summed E-state index contributed by atoms with van der Waals surface area (Å²) in [5.41, 5.74) is 5.69. The lowest BCUT2D eigenvalue weighted by Gasteiger charge is -2.37. The van der Waals surface area contributed by atoms with Crippen LogP contribution in [0.2, 0.25) is 0 Å². The molecule has 170 valence electrons. The van der Waals surface area contributed by atoms with Crippen molar-refractivity contribution in [3.8, 4) is 0 Å². The molecule has 0 aromatic heterocycles. The average Bonchev–Trinajstić information content (AvgIpc) is 3.33. The molecule has 0 saturated carbocycles. The van der Waals surface area contributed by atoms with Crippen molar-refractivity contribution in [3.05, 3.63) is 64.2 Å². The second-order valence-corrected chi connectivity index (χ2v) is 9.97. The fraction of sp³-hybridized carbons (Fsp3) is 0.500. The lowest BCUT2D eigenvalue weighted by atomic mass is 9.78. The van der Waals surface area contributed by atoms with Crippen LogP contribution < -0.4 is 4.90 Å². The van der Waals surface area contributed by atoms with Crippen molar-refractivity contribution < 1.29 is 9.59 Å². The Bertz CT molecular complexity index is 1050. The summed E-state index contributed by atoms with van der Waals surface area (Å²) in [6.07, 6.45) is 4.01. The zero-order valence-corrected chi connectivity index (χ0v) is 20.4. The summed E-state index contributed by atoms with van der Waals surface area (Å²) in [4.78, 5) is 30.3. The van der Waals surface area contributed by atoms with Gasteiger partial charge in [-0.25, -0.2) is 0 Å². The molecule has 2 aromatic carbocycles. The van der Waals surface area contributed by atoms with E-state index in [1.165, 1.54) is 5.56 Å². The largest absolute Gasteiger partial charge is 0.329 e. The van der Waals surface area contributed by atoms with Crippen LogP contribution in [0.5, 0.6) is 0 Å². The van der Waals surface area contributed by atoms with Gasteiger partial charge in [-0.1, -0.05) is 46.8 Å². The maximum absolute atomic E-state index is 13.3. The van der Waals surface area contributed by atoms with Gasteiger partial charge in [0.1, 0.15) is 0 Å². The molecule has 4 rings (SSSR count). The number of nitrogens with zero attached hydrogens (tertiary/aromatic N) is 2. The Hall–Kier alpha value is -2.62. The van der Waals surface area contributed by atoms with E-state index in [9.17, 15) is 9.59 Å². The minimum Gasteiger partial charge on any atom is -0.329 e. The molecular formula is C28H36N2O2. The second-order valence-electron chi connectivity index (χ2n) is 9.97. The van der Waals surface area contributed by atoms with Gasteiger partial charge in [-0.3, -0.25) is 9.59 Å². The third-order valence-electron chi connectivity index (χ3n) is 8.55. The van der Waals surface area contributed by atoms with Gasteiger partial charge >= 0.3 is 0 Å². The van der Waals surface area contributed by atoms with Crippen molar-refractivity contribution >= 4 is 17.5 Å². The highest BCUT2D eigenvalue weighted by Crippen LogP contribution is 2.38. The van der Waals surface area contributed by atoms with Crippen LogP contribution in [-0.4, -0.2) is 22.3 Å². The van der Waals surface area contributed by atoms with Gasteiger partial charge in [-0.05, 0) is 79.0 Å². The van der Waals surface area contributed by atoms with Gasteiger partial charge in [0.2, 0.25) is 0 Å². The van der Waals surface area contributed by atoms with E-state index in [1.54, 1.807) is 0 Å². The zero-order chi connectivity index (χ0) is 23.3. The predicted octanol–water partition coefficient (Wildman–Crippen LogP) is 6.46. The van der Waals surface area contributed by atoms with E-state index in [2.05, 4.69) is 65.8 Å². The Kier molecular flexibility index (Phi) is 5.68. The molecule has 2 aliphatic rings. The minimum absolute atomic E-state index is 0.0314. The average molecular weight is 433 g/mol. The monoisotopic (exact) mass is 432 g/mol. The Balaban J connectivity index is 1.60. The van der Waals surface area contributed by atoms with E-state index in [0.717, 1.165) is 53.6 Å². The number of amides is 2. The Morgan fingerprint density at radius 3 is 1.81 bits per heavy atom. The maximum Gasteiger partial charge on any atom is 0.258 e. The van der Waals surface area contributed by atoms with Crippen LogP contribution in [0.3, 0.4) is 0 Å². The van der Waals surface area contributed by atoms with Crippen molar-refractivity contribution in [2.24, 2.45) is 0 Å². The van der Waals surface area contributed by atoms with Crippen molar-refractivity contribution in [1.29, 1.82) is 0 Å². The van der Waals surface area contributed by atoms with Gasteiger partial charge in [0.05, 0.1) is 6.54 Å². The summed E-state index contributed by atoms with van der Waals surface area (Å²) in [6.45, 7) is 14.3. The molecule has 2 amide bonds. The van der Waals surface area contributed by atoms with Crippen LogP contribution in [0.1, 0.15) is 105 Å². The number of hydrogen-bond donors (Lipinski definition) is 0. The first-order valence-electron chi connectivity index (χ1n) is 12.1. The summed E-state index contributed by atoms with van der Waals surface area (Å²) in [5.74, 6) is 0.131. The highest BCUT2D eigenvalue weighted by atomic mass is 16.2. The van der Waals surface area contributed by atoms with Crippen LogP contribution in [0.15, 0.2) is 36.4 Å². The van der Waals surface area contributed by atoms with Crippen LogP contribution in [0, 0.1) is 0 Å². The molecule has 4 heteroatoms. The van der Waals surface area contributed by atoms with Crippen LogP contribution >= 0.6 is 0 Å². The van der Waals surface area contributed by atoms with Crippen LogP contribution in [0.25, 0.3) is 0 Å². The number of rotatable bonds is 7. The van der Waals surface area contributed by atoms with E-state index >= 15 is 0 Å². The van der Waals surface area contributed by atoms with Crippen molar-refractivity contribution in [1.82, 2.24) is 4.90 Å². The molecule has 2 heterocycles. The number of anilines is 1. The lowest BCUT2D eigenvalue weighted by molar-refractivity contribution is 0.0512. The van der Waals surface area contributed by atoms with Crippen molar-refractivity contribution in [2.45, 2.75) is 91.3 Å². The molecule has 2 aromatic rings. The Morgan fingerprint density at radius 2 is 1.28 bits per heavy atom. The highest BCUT2D eigenvalue weighted by molar-refractivity contribution is 6.11. The van der Waals surface area contributed by atoms with E-state index in [1.807, 2.05) is 21.9 Å². The SMILES string of the molecule is CCC(C)(CC)c1ccc(N2Cc3cc4c(cc3C2=O)CN(C(C)(CC)CC)C4=O)cc1. The van der Waals surface area contributed by atoms with Gasteiger partial charge in [0, 0.05) is 28.9 Å². The number of fused-ring (bicyclic) bond motifs is 2.